The molecule has 0 atom stereocenters. The van der Waals surface area contributed by atoms with Crippen LogP contribution in [0.3, 0.4) is 0 Å². The van der Waals surface area contributed by atoms with Gasteiger partial charge in [-0.15, -0.1) is 0 Å². The van der Waals surface area contributed by atoms with Crippen LogP contribution in [0.2, 0.25) is 0 Å². The molecule has 1 aromatic carbocycles. The Kier molecular flexibility index (Phi) is 2.27. The molecule has 82 valence electrons. The number of hydrogen-bond donors (Lipinski definition) is 1. The van der Waals surface area contributed by atoms with Gasteiger partial charge >= 0.3 is 5.69 Å². The Hall–Kier alpha value is -2.09. The number of aromatic nitrogens is 2. The predicted molar refractivity (Wildman–Crippen MR) is 57.6 cm³/mol. The fourth-order valence-corrected chi connectivity index (χ4v) is 1.75. The molecule has 0 amide bonds. The molecule has 0 bridgehead atoms. The molecular formula is C11H10FN3O. The average Bonchev–Trinajstić information content (AvgIpc) is 2.51. The van der Waals surface area contributed by atoms with Crippen LogP contribution in [-0.2, 0) is 0 Å². The maximum Gasteiger partial charge on any atom is 0.326 e. The second-order valence-electron chi connectivity index (χ2n) is 3.85. The van der Waals surface area contributed by atoms with Crippen molar-refractivity contribution in [2.45, 2.75) is 19.9 Å². The fourth-order valence-electron chi connectivity index (χ4n) is 1.75. The van der Waals surface area contributed by atoms with E-state index in [1.807, 2.05) is 13.8 Å². The SMILES string of the molecule is CC(C)n1c(=O)[nH]c2cc(C#N)c(F)cc21. The zero-order chi connectivity index (χ0) is 11.9. The molecule has 4 nitrogen and oxygen atoms in total. The molecule has 0 radical (unpaired) electrons. The molecule has 16 heavy (non-hydrogen) atoms. The summed E-state index contributed by atoms with van der Waals surface area (Å²) in [5.41, 5.74) is 0.609. The second-order valence-corrected chi connectivity index (χ2v) is 3.85. The van der Waals surface area contributed by atoms with Crippen LogP contribution in [0.4, 0.5) is 4.39 Å². The highest BCUT2D eigenvalue weighted by atomic mass is 19.1. The lowest BCUT2D eigenvalue weighted by Crippen LogP contribution is -2.18. The van der Waals surface area contributed by atoms with Gasteiger partial charge < -0.3 is 4.98 Å². The predicted octanol–water partition coefficient (Wildman–Crippen LogP) is 1.92. The number of imidazole rings is 1. The molecule has 5 heteroatoms. The van der Waals surface area contributed by atoms with E-state index in [9.17, 15) is 9.18 Å². The number of nitrogens with one attached hydrogen (secondary N) is 1. The first-order valence-electron chi connectivity index (χ1n) is 4.88. The van der Waals surface area contributed by atoms with E-state index < -0.39 is 5.82 Å². The first-order chi connectivity index (χ1) is 7.54. The lowest BCUT2D eigenvalue weighted by molar-refractivity contribution is 0.592. The Labute approximate surface area is 90.9 Å². The van der Waals surface area contributed by atoms with E-state index in [1.54, 1.807) is 6.07 Å². The molecule has 1 aromatic heterocycles. The number of rotatable bonds is 1. The van der Waals surface area contributed by atoms with E-state index in [1.165, 1.54) is 16.7 Å². The van der Waals surface area contributed by atoms with Crippen molar-refractivity contribution < 1.29 is 4.39 Å². The highest BCUT2D eigenvalue weighted by Crippen LogP contribution is 2.18. The smallest absolute Gasteiger partial charge is 0.305 e. The van der Waals surface area contributed by atoms with Gasteiger partial charge in [-0.3, -0.25) is 4.57 Å². The van der Waals surface area contributed by atoms with Gasteiger partial charge in [-0.1, -0.05) is 0 Å². The van der Waals surface area contributed by atoms with E-state index >= 15 is 0 Å². The molecule has 0 spiro atoms. The van der Waals surface area contributed by atoms with Crippen molar-refractivity contribution in [1.82, 2.24) is 9.55 Å². The van der Waals surface area contributed by atoms with Gasteiger partial charge in [-0.2, -0.15) is 5.26 Å². The third kappa shape index (κ3) is 1.39. The molecule has 2 rings (SSSR count). The van der Waals surface area contributed by atoms with Crippen molar-refractivity contribution in [2.75, 3.05) is 0 Å². The number of hydrogen-bond acceptors (Lipinski definition) is 2. The van der Waals surface area contributed by atoms with E-state index in [0.29, 0.717) is 11.0 Å². The third-order valence-corrected chi connectivity index (χ3v) is 2.44. The number of nitrogens with zero attached hydrogens (tertiary/aromatic N) is 2. The zero-order valence-electron chi connectivity index (χ0n) is 8.91. The Balaban J connectivity index is 2.88. The van der Waals surface area contributed by atoms with Crippen LogP contribution in [0.15, 0.2) is 16.9 Å². The fraction of sp³-hybridized carbons (Fsp3) is 0.273. The van der Waals surface area contributed by atoms with Gasteiger partial charge in [0.1, 0.15) is 11.9 Å². The monoisotopic (exact) mass is 219 g/mol. The minimum atomic E-state index is -0.608. The minimum Gasteiger partial charge on any atom is -0.305 e. The van der Waals surface area contributed by atoms with Gasteiger partial charge in [-0.25, -0.2) is 9.18 Å². The summed E-state index contributed by atoms with van der Waals surface area (Å²) in [6.45, 7) is 3.68. The number of fused-ring (bicyclic) bond motifs is 1. The molecule has 0 unspecified atom stereocenters. The summed E-state index contributed by atoms with van der Waals surface area (Å²) in [5.74, 6) is -0.608. The molecular weight excluding hydrogens is 209 g/mol. The topological polar surface area (TPSA) is 61.6 Å². The van der Waals surface area contributed by atoms with Gasteiger partial charge in [0.15, 0.2) is 0 Å². The molecule has 0 aliphatic heterocycles. The van der Waals surface area contributed by atoms with Gasteiger partial charge in [0.2, 0.25) is 0 Å². The van der Waals surface area contributed by atoms with E-state index in [-0.39, 0.29) is 17.3 Å². The molecule has 1 N–H and O–H groups in total. The summed E-state index contributed by atoms with van der Waals surface area (Å²) in [7, 11) is 0. The molecule has 0 aliphatic carbocycles. The maximum atomic E-state index is 13.4. The Bertz CT molecular complexity index is 646. The first kappa shape index (κ1) is 10.4. The normalized spacial score (nSPS) is 10.9. The molecule has 1 heterocycles. The number of H-pyrrole nitrogens is 1. The van der Waals surface area contributed by atoms with Gasteiger partial charge in [0.05, 0.1) is 16.6 Å². The van der Waals surface area contributed by atoms with Crippen LogP contribution >= 0.6 is 0 Å². The lowest BCUT2D eigenvalue weighted by atomic mass is 10.2. The van der Waals surface area contributed by atoms with Crippen molar-refractivity contribution >= 4 is 11.0 Å². The average molecular weight is 219 g/mol. The van der Waals surface area contributed by atoms with E-state index in [0.717, 1.165) is 0 Å². The summed E-state index contributed by atoms with van der Waals surface area (Å²) >= 11 is 0. The van der Waals surface area contributed by atoms with E-state index in [4.69, 9.17) is 5.26 Å². The minimum absolute atomic E-state index is 0.0615. The lowest BCUT2D eigenvalue weighted by Gasteiger charge is -2.06. The van der Waals surface area contributed by atoms with Crippen molar-refractivity contribution in [2.24, 2.45) is 0 Å². The number of benzene rings is 1. The van der Waals surface area contributed by atoms with Crippen molar-refractivity contribution in [3.8, 4) is 6.07 Å². The Morgan fingerprint density at radius 3 is 2.75 bits per heavy atom. The largest absolute Gasteiger partial charge is 0.326 e. The maximum absolute atomic E-state index is 13.4. The zero-order valence-corrected chi connectivity index (χ0v) is 8.91. The van der Waals surface area contributed by atoms with Crippen LogP contribution in [0.1, 0.15) is 25.5 Å². The molecule has 0 aliphatic rings. The molecule has 0 fully saturated rings. The van der Waals surface area contributed by atoms with E-state index in [2.05, 4.69) is 4.98 Å². The highest BCUT2D eigenvalue weighted by Gasteiger charge is 2.12. The van der Waals surface area contributed by atoms with Crippen LogP contribution < -0.4 is 5.69 Å². The molecule has 0 saturated heterocycles. The number of aromatic amines is 1. The van der Waals surface area contributed by atoms with Gasteiger partial charge in [-0.05, 0) is 19.9 Å². The second kappa shape index (κ2) is 3.49. The van der Waals surface area contributed by atoms with Crippen molar-refractivity contribution in [3.63, 3.8) is 0 Å². The third-order valence-electron chi connectivity index (χ3n) is 2.44. The van der Waals surface area contributed by atoms with Crippen molar-refractivity contribution in [3.05, 3.63) is 34.0 Å². The Morgan fingerprint density at radius 2 is 2.19 bits per heavy atom. The highest BCUT2D eigenvalue weighted by molar-refractivity contribution is 5.77. The summed E-state index contributed by atoms with van der Waals surface area (Å²) in [6.07, 6.45) is 0. The number of nitriles is 1. The van der Waals surface area contributed by atoms with Gasteiger partial charge in [0, 0.05) is 12.1 Å². The summed E-state index contributed by atoms with van der Waals surface area (Å²) < 4.78 is 14.9. The summed E-state index contributed by atoms with van der Waals surface area (Å²) in [5, 5.41) is 8.67. The van der Waals surface area contributed by atoms with Crippen molar-refractivity contribution in [1.29, 1.82) is 5.26 Å². The van der Waals surface area contributed by atoms with Crippen LogP contribution in [0.5, 0.6) is 0 Å². The van der Waals surface area contributed by atoms with Crippen LogP contribution in [0, 0.1) is 17.1 Å². The van der Waals surface area contributed by atoms with Crippen LogP contribution in [-0.4, -0.2) is 9.55 Å². The summed E-state index contributed by atoms with van der Waals surface area (Å²) in [6, 6.07) is 4.24. The standard InChI is InChI=1S/C11H10FN3O/c1-6(2)15-10-4-8(12)7(5-13)3-9(10)14-11(15)16/h3-4,6H,1-2H3,(H,14,16). The quantitative estimate of drug-likeness (QED) is 0.796. The van der Waals surface area contributed by atoms with Crippen LogP contribution in [0.25, 0.3) is 11.0 Å². The molecule has 2 aromatic rings. The first-order valence-corrected chi connectivity index (χ1v) is 4.88. The number of halogens is 1. The van der Waals surface area contributed by atoms with Gasteiger partial charge in [0.25, 0.3) is 0 Å². The summed E-state index contributed by atoms with van der Waals surface area (Å²) in [4.78, 5) is 14.2. The Morgan fingerprint density at radius 1 is 1.50 bits per heavy atom. The molecule has 0 saturated carbocycles.